The van der Waals surface area contributed by atoms with Crippen molar-refractivity contribution in [2.24, 2.45) is 34.5 Å². The predicted octanol–water partition coefficient (Wildman–Crippen LogP) is 3.53. The summed E-state index contributed by atoms with van der Waals surface area (Å²) in [7, 11) is 0. The van der Waals surface area contributed by atoms with Crippen LogP contribution in [-0.2, 0) is 0 Å². The van der Waals surface area contributed by atoms with Gasteiger partial charge in [-0.2, -0.15) is 0 Å². The molecule has 0 spiro atoms. The van der Waals surface area contributed by atoms with E-state index in [1.165, 1.54) is 32.1 Å². The van der Waals surface area contributed by atoms with Gasteiger partial charge in [-0.15, -0.1) is 0 Å². The largest absolute Gasteiger partial charge is 0.393 e. The third kappa shape index (κ3) is 1.84. The molecule has 3 saturated carbocycles. The number of fused-ring (bicyclic) bond motifs is 5. The van der Waals surface area contributed by atoms with E-state index in [9.17, 15) is 10.2 Å². The standard InChI is InChI=1S/C19H30O2/c1-18-9-7-13(20)11-12(18)3-4-14-15-5-6-17(21)19(15,2)10-8-16(14)18/h7,9,12-17,20-21H,3-6,8,10-11H2,1-2H3/t12?,13?,14-,15-,16-,17?,18-,19-/m0/s1. The lowest BCUT2D eigenvalue weighted by Gasteiger charge is -2.59. The second kappa shape index (κ2) is 4.58. The van der Waals surface area contributed by atoms with E-state index in [4.69, 9.17) is 0 Å². The van der Waals surface area contributed by atoms with Crippen LogP contribution in [0.3, 0.4) is 0 Å². The average molecular weight is 290 g/mol. The molecule has 0 bridgehead atoms. The van der Waals surface area contributed by atoms with Crippen LogP contribution in [0.2, 0.25) is 0 Å². The monoisotopic (exact) mass is 290 g/mol. The average Bonchev–Trinajstić information content (AvgIpc) is 2.76. The molecule has 4 aliphatic carbocycles. The van der Waals surface area contributed by atoms with Gasteiger partial charge < -0.3 is 10.2 Å². The van der Waals surface area contributed by atoms with Crippen LogP contribution >= 0.6 is 0 Å². The first-order valence-electron chi connectivity index (χ1n) is 9.00. The van der Waals surface area contributed by atoms with Crippen LogP contribution in [0.15, 0.2) is 12.2 Å². The number of aliphatic hydroxyl groups is 2. The summed E-state index contributed by atoms with van der Waals surface area (Å²) in [4.78, 5) is 0. The van der Waals surface area contributed by atoms with Crippen molar-refractivity contribution >= 4 is 0 Å². The highest BCUT2D eigenvalue weighted by Crippen LogP contribution is 2.65. The highest BCUT2D eigenvalue weighted by molar-refractivity contribution is 5.17. The minimum atomic E-state index is -0.221. The number of aliphatic hydroxyl groups excluding tert-OH is 2. The lowest BCUT2D eigenvalue weighted by Crippen LogP contribution is -2.53. The topological polar surface area (TPSA) is 40.5 Å². The fourth-order valence-corrected chi connectivity index (χ4v) is 6.76. The molecular weight excluding hydrogens is 260 g/mol. The summed E-state index contributed by atoms with van der Waals surface area (Å²) >= 11 is 0. The molecule has 21 heavy (non-hydrogen) atoms. The van der Waals surface area contributed by atoms with Gasteiger partial charge in [0, 0.05) is 0 Å². The van der Waals surface area contributed by atoms with E-state index in [0.717, 1.165) is 30.6 Å². The Morgan fingerprint density at radius 2 is 1.76 bits per heavy atom. The molecule has 0 saturated heterocycles. The van der Waals surface area contributed by atoms with E-state index in [0.29, 0.717) is 5.92 Å². The van der Waals surface area contributed by atoms with Crippen molar-refractivity contribution < 1.29 is 10.2 Å². The van der Waals surface area contributed by atoms with Crippen molar-refractivity contribution in [1.29, 1.82) is 0 Å². The van der Waals surface area contributed by atoms with Crippen LogP contribution in [0.25, 0.3) is 0 Å². The fraction of sp³-hybridized carbons (Fsp3) is 0.895. The Morgan fingerprint density at radius 1 is 0.952 bits per heavy atom. The Bertz CT molecular complexity index is 458. The predicted molar refractivity (Wildman–Crippen MR) is 83.6 cm³/mol. The van der Waals surface area contributed by atoms with Crippen molar-refractivity contribution in [2.45, 2.75) is 71.0 Å². The molecule has 0 radical (unpaired) electrons. The summed E-state index contributed by atoms with van der Waals surface area (Å²) < 4.78 is 0. The van der Waals surface area contributed by atoms with Gasteiger partial charge in [0.05, 0.1) is 12.2 Å². The van der Waals surface area contributed by atoms with E-state index >= 15 is 0 Å². The minimum absolute atomic E-state index is 0.0716. The Labute approximate surface area is 128 Å². The zero-order valence-corrected chi connectivity index (χ0v) is 13.5. The second-order valence-corrected chi connectivity index (χ2v) is 8.82. The normalized spacial score (nSPS) is 59.2. The summed E-state index contributed by atoms with van der Waals surface area (Å²) in [6, 6.07) is 0. The molecule has 118 valence electrons. The maximum Gasteiger partial charge on any atom is 0.0724 e. The minimum Gasteiger partial charge on any atom is -0.393 e. The van der Waals surface area contributed by atoms with Crippen molar-refractivity contribution in [2.75, 3.05) is 0 Å². The maximum absolute atomic E-state index is 10.5. The van der Waals surface area contributed by atoms with Crippen LogP contribution in [-0.4, -0.2) is 22.4 Å². The Hall–Kier alpha value is -0.340. The Balaban J connectivity index is 1.67. The third-order valence-electron chi connectivity index (χ3n) is 8.12. The Kier molecular flexibility index (Phi) is 3.11. The van der Waals surface area contributed by atoms with E-state index in [1.807, 2.05) is 0 Å². The smallest absolute Gasteiger partial charge is 0.0724 e. The number of hydrogen-bond donors (Lipinski definition) is 2. The zero-order chi connectivity index (χ0) is 14.8. The molecule has 0 aliphatic heterocycles. The molecule has 2 nitrogen and oxygen atoms in total. The molecule has 0 aromatic rings. The molecule has 8 atom stereocenters. The van der Waals surface area contributed by atoms with Crippen LogP contribution in [0.5, 0.6) is 0 Å². The Morgan fingerprint density at radius 3 is 2.57 bits per heavy atom. The first-order chi connectivity index (χ1) is 9.95. The van der Waals surface area contributed by atoms with E-state index < -0.39 is 0 Å². The molecule has 2 N–H and O–H groups in total. The summed E-state index contributed by atoms with van der Waals surface area (Å²) in [6.45, 7) is 4.80. The van der Waals surface area contributed by atoms with Crippen molar-refractivity contribution in [3.05, 3.63) is 12.2 Å². The maximum atomic E-state index is 10.5. The van der Waals surface area contributed by atoms with Gasteiger partial charge in [-0.25, -0.2) is 0 Å². The lowest BCUT2D eigenvalue weighted by atomic mass is 9.46. The van der Waals surface area contributed by atoms with E-state index in [1.54, 1.807) is 0 Å². The highest BCUT2D eigenvalue weighted by atomic mass is 16.3. The molecular formula is C19H30O2. The molecule has 3 unspecified atom stereocenters. The first kappa shape index (κ1) is 14.3. The molecule has 3 fully saturated rings. The molecule has 0 aromatic heterocycles. The van der Waals surface area contributed by atoms with Gasteiger partial charge in [0.25, 0.3) is 0 Å². The fourth-order valence-electron chi connectivity index (χ4n) is 6.76. The molecule has 0 amide bonds. The van der Waals surface area contributed by atoms with Crippen molar-refractivity contribution in [3.8, 4) is 0 Å². The number of rotatable bonds is 0. The van der Waals surface area contributed by atoms with Crippen molar-refractivity contribution in [1.82, 2.24) is 0 Å². The van der Waals surface area contributed by atoms with Gasteiger partial charge in [-0.1, -0.05) is 26.0 Å². The van der Waals surface area contributed by atoms with Gasteiger partial charge in [-0.05, 0) is 79.4 Å². The van der Waals surface area contributed by atoms with E-state index in [2.05, 4.69) is 26.0 Å². The number of hydrogen-bond acceptors (Lipinski definition) is 2. The van der Waals surface area contributed by atoms with Gasteiger partial charge in [0.1, 0.15) is 0 Å². The molecule has 0 heterocycles. The number of allylic oxidation sites excluding steroid dienone is 1. The van der Waals surface area contributed by atoms with Crippen LogP contribution in [0.1, 0.15) is 58.8 Å². The van der Waals surface area contributed by atoms with Gasteiger partial charge in [-0.3, -0.25) is 0 Å². The summed E-state index contributed by atoms with van der Waals surface area (Å²) in [5.41, 5.74) is 0.472. The lowest BCUT2D eigenvalue weighted by molar-refractivity contribution is -0.0994. The SMILES string of the molecule is C[C@]12C=CC(O)CC1CC[C@@H]1[C@@H]2CC[C@]2(C)C(O)CC[C@@H]12. The second-order valence-electron chi connectivity index (χ2n) is 8.82. The van der Waals surface area contributed by atoms with Gasteiger partial charge >= 0.3 is 0 Å². The highest BCUT2D eigenvalue weighted by Gasteiger charge is 2.59. The summed E-state index contributed by atoms with van der Waals surface area (Å²) in [6.07, 6.45) is 12.4. The van der Waals surface area contributed by atoms with Crippen LogP contribution in [0.4, 0.5) is 0 Å². The van der Waals surface area contributed by atoms with E-state index in [-0.39, 0.29) is 23.0 Å². The summed E-state index contributed by atoms with van der Waals surface area (Å²) in [5.74, 6) is 2.95. The van der Waals surface area contributed by atoms with Gasteiger partial charge in [0.2, 0.25) is 0 Å². The third-order valence-corrected chi connectivity index (χ3v) is 8.12. The zero-order valence-electron chi connectivity index (χ0n) is 13.5. The first-order valence-corrected chi connectivity index (χ1v) is 9.00. The van der Waals surface area contributed by atoms with Crippen LogP contribution in [0, 0.1) is 34.5 Å². The van der Waals surface area contributed by atoms with Crippen molar-refractivity contribution in [3.63, 3.8) is 0 Å². The summed E-state index contributed by atoms with van der Waals surface area (Å²) in [5, 5.41) is 20.4. The molecule has 2 heteroatoms. The molecule has 0 aromatic carbocycles. The quantitative estimate of drug-likeness (QED) is 0.670. The van der Waals surface area contributed by atoms with Gasteiger partial charge in [0.15, 0.2) is 0 Å². The molecule has 4 rings (SSSR count). The van der Waals surface area contributed by atoms with Crippen LogP contribution < -0.4 is 0 Å². The molecule has 4 aliphatic rings.